The summed E-state index contributed by atoms with van der Waals surface area (Å²) >= 11 is 0. The molecule has 0 fully saturated rings. The van der Waals surface area contributed by atoms with E-state index in [-0.39, 0.29) is 0 Å². The predicted octanol–water partition coefficient (Wildman–Crippen LogP) is 2.46. The number of primary amides is 1. The molecule has 2 aromatic rings. The average molecular weight is 253 g/mol. The highest BCUT2D eigenvalue weighted by Gasteiger charge is 2.14. The van der Waals surface area contributed by atoms with Crippen LogP contribution in [0, 0.1) is 12.3 Å². The zero-order valence-corrected chi connectivity index (χ0v) is 10.7. The van der Waals surface area contributed by atoms with Gasteiger partial charge in [0, 0.05) is 5.56 Å². The van der Waals surface area contributed by atoms with Gasteiger partial charge in [0.25, 0.3) is 5.91 Å². The van der Waals surface area contributed by atoms with E-state index in [0.717, 1.165) is 16.3 Å². The fraction of sp³-hybridized carbons (Fsp3) is 0.188. The second-order valence-electron chi connectivity index (χ2n) is 4.29. The first-order valence-corrected chi connectivity index (χ1v) is 6.10. The molecule has 3 nitrogen and oxygen atoms in total. The van der Waals surface area contributed by atoms with Crippen molar-refractivity contribution >= 4 is 16.7 Å². The lowest BCUT2D eigenvalue weighted by Gasteiger charge is -2.14. The van der Waals surface area contributed by atoms with Gasteiger partial charge in [-0.05, 0) is 41.5 Å². The van der Waals surface area contributed by atoms with Gasteiger partial charge in [0.2, 0.25) is 0 Å². The molecule has 96 valence electrons. The van der Waals surface area contributed by atoms with Crippen LogP contribution in [0.1, 0.15) is 18.9 Å². The summed E-state index contributed by atoms with van der Waals surface area (Å²) in [6.07, 6.45) is 5.31. The number of fused-ring (bicyclic) bond motifs is 1. The molecule has 0 saturated heterocycles. The van der Waals surface area contributed by atoms with Crippen LogP contribution in [0.3, 0.4) is 0 Å². The maximum Gasteiger partial charge on any atom is 0.258 e. The summed E-state index contributed by atoms with van der Waals surface area (Å²) < 4.78 is 5.58. The third kappa shape index (κ3) is 2.86. The number of carbonyl (C=O) groups excluding carboxylic acids is 1. The molecule has 1 amide bonds. The molecule has 2 aromatic carbocycles. The van der Waals surface area contributed by atoms with Crippen LogP contribution in [0.15, 0.2) is 36.4 Å². The lowest BCUT2D eigenvalue weighted by Crippen LogP contribution is -2.32. The highest BCUT2D eigenvalue weighted by molar-refractivity contribution is 5.85. The van der Waals surface area contributed by atoms with Crippen molar-refractivity contribution in [3.8, 4) is 18.1 Å². The fourth-order valence-electron chi connectivity index (χ4n) is 1.89. The largest absolute Gasteiger partial charge is 0.481 e. The van der Waals surface area contributed by atoms with Crippen LogP contribution < -0.4 is 10.5 Å². The fourth-order valence-corrected chi connectivity index (χ4v) is 1.89. The second kappa shape index (κ2) is 5.45. The minimum atomic E-state index is -0.603. The van der Waals surface area contributed by atoms with E-state index in [1.807, 2.05) is 43.3 Å². The Kier molecular flexibility index (Phi) is 3.72. The Balaban J connectivity index is 2.35. The van der Waals surface area contributed by atoms with Gasteiger partial charge >= 0.3 is 0 Å². The molecule has 2 N–H and O–H groups in total. The van der Waals surface area contributed by atoms with Crippen molar-refractivity contribution in [3.63, 3.8) is 0 Å². The van der Waals surface area contributed by atoms with E-state index in [9.17, 15) is 4.79 Å². The Morgan fingerprint density at radius 2 is 2.05 bits per heavy atom. The van der Waals surface area contributed by atoms with E-state index in [1.54, 1.807) is 0 Å². The Morgan fingerprint density at radius 3 is 2.68 bits per heavy atom. The zero-order chi connectivity index (χ0) is 13.8. The highest BCUT2D eigenvalue weighted by atomic mass is 16.5. The Labute approximate surface area is 112 Å². The maximum absolute atomic E-state index is 11.2. The van der Waals surface area contributed by atoms with Crippen molar-refractivity contribution in [1.29, 1.82) is 0 Å². The first-order valence-electron chi connectivity index (χ1n) is 6.10. The van der Waals surface area contributed by atoms with Gasteiger partial charge in [0.1, 0.15) is 5.75 Å². The summed E-state index contributed by atoms with van der Waals surface area (Å²) in [6.45, 7) is 1.85. The van der Waals surface area contributed by atoms with E-state index in [0.29, 0.717) is 12.2 Å². The molecule has 1 atom stereocenters. The van der Waals surface area contributed by atoms with Crippen molar-refractivity contribution in [2.24, 2.45) is 5.73 Å². The quantitative estimate of drug-likeness (QED) is 0.851. The minimum absolute atomic E-state index is 0.458. The molecule has 3 heteroatoms. The molecule has 1 unspecified atom stereocenters. The highest BCUT2D eigenvalue weighted by Crippen LogP contribution is 2.23. The number of rotatable bonds is 4. The lowest BCUT2D eigenvalue weighted by atomic mass is 10.1. The number of benzene rings is 2. The molecule has 0 spiro atoms. The van der Waals surface area contributed by atoms with Gasteiger partial charge in [0.15, 0.2) is 6.10 Å². The second-order valence-corrected chi connectivity index (χ2v) is 4.29. The van der Waals surface area contributed by atoms with Crippen molar-refractivity contribution in [2.45, 2.75) is 19.4 Å². The van der Waals surface area contributed by atoms with Crippen LogP contribution in [-0.2, 0) is 4.79 Å². The zero-order valence-electron chi connectivity index (χ0n) is 10.7. The summed E-state index contributed by atoms with van der Waals surface area (Å²) in [5.41, 5.74) is 6.07. The van der Waals surface area contributed by atoms with Gasteiger partial charge in [-0.3, -0.25) is 4.79 Å². The van der Waals surface area contributed by atoms with Gasteiger partial charge < -0.3 is 10.5 Å². The van der Waals surface area contributed by atoms with Crippen molar-refractivity contribution in [1.82, 2.24) is 0 Å². The van der Waals surface area contributed by atoms with Crippen LogP contribution in [0.2, 0.25) is 0 Å². The molecule has 2 rings (SSSR count). The van der Waals surface area contributed by atoms with E-state index >= 15 is 0 Å². The molecule has 0 aliphatic heterocycles. The number of hydrogen-bond acceptors (Lipinski definition) is 2. The molecule has 0 aromatic heterocycles. The summed E-state index contributed by atoms with van der Waals surface area (Å²) in [5, 5.41) is 2.05. The summed E-state index contributed by atoms with van der Waals surface area (Å²) in [6, 6.07) is 11.4. The number of carbonyl (C=O) groups is 1. The van der Waals surface area contributed by atoms with Crippen LogP contribution in [0.4, 0.5) is 0 Å². The Morgan fingerprint density at radius 1 is 1.32 bits per heavy atom. The molecular weight excluding hydrogens is 238 g/mol. The topological polar surface area (TPSA) is 52.3 Å². The van der Waals surface area contributed by atoms with E-state index in [4.69, 9.17) is 16.9 Å². The summed E-state index contributed by atoms with van der Waals surface area (Å²) in [4.78, 5) is 11.2. The van der Waals surface area contributed by atoms with Gasteiger partial charge in [-0.25, -0.2) is 0 Å². The summed E-state index contributed by atoms with van der Waals surface area (Å²) in [5.74, 6) is 2.75. The summed E-state index contributed by atoms with van der Waals surface area (Å²) in [7, 11) is 0. The number of ether oxygens (including phenoxy) is 1. The molecule has 19 heavy (non-hydrogen) atoms. The first-order chi connectivity index (χ1) is 9.13. The number of amides is 1. The maximum atomic E-state index is 11.2. The Hall–Kier alpha value is -2.47. The van der Waals surface area contributed by atoms with Gasteiger partial charge in [-0.15, -0.1) is 6.42 Å². The molecule has 0 saturated carbocycles. The van der Waals surface area contributed by atoms with Gasteiger partial charge in [-0.1, -0.05) is 25.0 Å². The minimum Gasteiger partial charge on any atom is -0.481 e. The van der Waals surface area contributed by atoms with Crippen LogP contribution in [0.5, 0.6) is 5.75 Å². The van der Waals surface area contributed by atoms with Gasteiger partial charge in [-0.2, -0.15) is 0 Å². The monoisotopic (exact) mass is 253 g/mol. The molecule has 0 bridgehead atoms. The third-order valence-corrected chi connectivity index (χ3v) is 2.94. The van der Waals surface area contributed by atoms with E-state index < -0.39 is 12.0 Å². The number of hydrogen-bond donors (Lipinski definition) is 1. The molecule has 0 radical (unpaired) electrons. The van der Waals surface area contributed by atoms with E-state index in [2.05, 4.69) is 5.92 Å². The first kappa shape index (κ1) is 13.0. The normalized spacial score (nSPS) is 11.8. The third-order valence-electron chi connectivity index (χ3n) is 2.94. The predicted molar refractivity (Wildman–Crippen MR) is 75.8 cm³/mol. The number of nitrogens with two attached hydrogens (primary N) is 1. The Bertz CT molecular complexity index is 655. The number of terminal acetylenes is 1. The van der Waals surface area contributed by atoms with Gasteiger partial charge in [0.05, 0.1) is 0 Å². The lowest BCUT2D eigenvalue weighted by molar-refractivity contribution is -0.124. The smallest absolute Gasteiger partial charge is 0.258 e. The molecule has 0 heterocycles. The SMILES string of the molecule is C#Cc1ccc2ccc(OC(CC)C(N)=O)cc2c1. The van der Waals surface area contributed by atoms with Crippen molar-refractivity contribution in [2.75, 3.05) is 0 Å². The van der Waals surface area contributed by atoms with E-state index in [1.165, 1.54) is 0 Å². The van der Waals surface area contributed by atoms with Crippen molar-refractivity contribution in [3.05, 3.63) is 42.0 Å². The van der Waals surface area contributed by atoms with Crippen LogP contribution in [-0.4, -0.2) is 12.0 Å². The average Bonchev–Trinajstić information content (AvgIpc) is 2.43. The van der Waals surface area contributed by atoms with Crippen LogP contribution in [0.25, 0.3) is 10.8 Å². The standard InChI is InChI=1S/C16H15NO2/c1-3-11-5-6-12-7-8-14(10-13(12)9-11)19-15(4-2)16(17)18/h1,5-10,15H,4H2,2H3,(H2,17,18). The van der Waals surface area contributed by atoms with Crippen LogP contribution >= 0.6 is 0 Å². The van der Waals surface area contributed by atoms with Crippen molar-refractivity contribution < 1.29 is 9.53 Å². The molecule has 0 aliphatic carbocycles. The molecule has 0 aliphatic rings. The molecular formula is C16H15NO2.